The van der Waals surface area contributed by atoms with Crippen LogP contribution in [0.25, 0.3) is 0 Å². The topological polar surface area (TPSA) is 97.1 Å². The molecule has 0 saturated heterocycles. The fourth-order valence-corrected chi connectivity index (χ4v) is 1.72. The molecule has 0 saturated carbocycles. The molecule has 0 aliphatic rings. The lowest BCUT2D eigenvalue weighted by Crippen LogP contribution is -2.35. The highest BCUT2D eigenvalue weighted by molar-refractivity contribution is 5.95. The molecule has 1 atom stereocenters. The molecule has 2 heterocycles. The number of nitrogens with one attached hydrogen (secondary N) is 1. The highest BCUT2D eigenvalue weighted by Crippen LogP contribution is 2.02. The van der Waals surface area contributed by atoms with Gasteiger partial charge >= 0.3 is 5.97 Å². The van der Waals surface area contributed by atoms with Gasteiger partial charge in [-0.3, -0.25) is 4.79 Å². The average molecular weight is 274 g/mol. The van der Waals surface area contributed by atoms with Crippen LogP contribution in [0.5, 0.6) is 0 Å². The number of aromatic carboxylic acids is 1. The van der Waals surface area contributed by atoms with Gasteiger partial charge in [0.1, 0.15) is 5.69 Å². The molecular weight excluding hydrogens is 260 g/mol. The van der Waals surface area contributed by atoms with E-state index in [4.69, 9.17) is 5.11 Å². The molecule has 2 aromatic heterocycles. The summed E-state index contributed by atoms with van der Waals surface area (Å²) in [5, 5.41) is 11.5. The summed E-state index contributed by atoms with van der Waals surface area (Å²) < 4.78 is 1.86. The number of amides is 1. The van der Waals surface area contributed by atoms with E-state index in [9.17, 15) is 9.59 Å². The zero-order valence-corrected chi connectivity index (χ0v) is 10.9. The zero-order chi connectivity index (χ0) is 14.5. The SMILES string of the molecule is CC(Cn1ccnc1)NC(=O)c1ccc(C(=O)O)nc1. The zero-order valence-electron chi connectivity index (χ0n) is 10.9. The van der Waals surface area contributed by atoms with Crippen LogP contribution in [0.3, 0.4) is 0 Å². The van der Waals surface area contributed by atoms with E-state index >= 15 is 0 Å². The molecule has 2 rings (SSSR count). The Hall–Kier alpha value is -2.70. The minimum Gasteiger partial charge on any atom is -0.477 e. The monoisotopic (exact) mass is 274 g/mol. The van der Waals surface area contributed by atoms with Crippen molar-refractivity contribution in [2.75, 3.05) is 0 Å². The normalized spacial score (nSPS) is 11.8. The number of carboxylic acid groups (broad SMARTS) is 1. The van der Waals surface area contributed by atoms with Crippen molar-refractivity contribution in [2.24, 2.45) is 0 Å². The maximum absolute atomic E-state index is 11.9. The van der Waals surface area contributed by atoms with Crippen LogP contribution in [0, 0.1) is 0 Å². The Morgan fingerprint density at radius 2 is 2.25 bits per heavy atom. The first-order valence-corrected chi connectivity index (χ1v) is 6.02. The Balaban J connectivity index is 1.95. The third-order valence-electron chi connectivity index (χ3n) is 2.67. The van der Waals surface area contributed by atoms with Crippen molar-refractivity contribution in [1.82, 2.24) is 19.9 Å². The van der Waals surface area contributed by atoms with Gasteiger partial charge in [0.05, 0.1) is 11.9 Å². The Morgan fingerprint density at radius 1 is 1.45 bits per heavy atom. The number of carboxylic acids is 1. The fourth-order valence-electron chi connectivity index (χ4n) is 1.72. The van der Waals surface area contributed by atoms with E-state index in [1.807, 2.05) is 17.7 Å². The van der Waals surface area contributed by atoms with Gasteiger partial charge < -0.3 is 15.0 Å². The van der Waals surface area contributed by atoms with Crippen LogP contribution in [0.1, 0.15) is 27.8 Å². The fraction of sp³-hybridized carbons (Fsp3) is 0.231. The predicted octanol–water partition coefficient (Wildman–Crippen LogP) is 0.795. The van der Waals surface area contributed by atoms with Gasteiger partial charge in [0, 0.05) is 31.2 Å². The molecule has 0 radical (unpaired) electrons. The third kappa shape index (κ3) is 3.41. The lowest BCUT2D eigenvalue weighted by molar-refractivity contribution is 0.0689. The van der Waals surface area contributed by atoms with Gasteiger partial charge in [-0.2, -0.15) is 0 Å². The lowest BCUT2D eigenvalue weighted by atomic mass is 10.2. The summed E-state index contributed by atoms with van der Waals surface area (Å²) >= 11 is 0. The Morgan fingerprint density at radius 3 is 2.80 bits per heavy atom. The molecule has 2 aromatic rings. The molecule has 1 unspecified atom stereocenters. The maximum atomic E-state index is 11.9. The molecule has 2 N–H and O–H groups in total. The van der Waals surface area contributed by atoms with Crippen molar-refractivity contribution in [1.29, 1.82) is 0 Å². The van der Waals surface area contributed by atoms with Crippen LogP contribution in [0.4, 0.5) is 0 Å². The van der Waals surface area contributed by atoms with Gasteiger partial charge in [-0.05, 0) is 19.1 Å². The van der Waals surface area contributed by atoms with E-state index in [-0.39, 0.29) is 17.6 Å². The van der Waals surface area contributed by atoms with Crippen LogP contribution in [0.15, 0.2) is 37.1 Å². The Kier molecular flexibility index (Phi) is 4.09. The first-order chi connectivity index (χ1) is 9.56. The number of carbonyl (C=O) groups excluding carboxylic acids is 1. The number of aromatic nitrogens is 3. The second kappa shape index (κ2) is 5.96. The summed E-state index contributed by atoms with van der Waals surface area (Å²) in [5.74, 6) is -1.41. The number of carbonyl (C=O) groups is 2. The van der Waals surface area contributed by atoms with Crippen LogP contribution in [0.2, 0.25) is 0 Å². The number of hydrogen-bond acceptors (Lipinski definition) is 4. The predicted molar refractivity (Wildman–Crippen MR) is 70.4 cm³/mol. The summed E-state index contributed by atoms with van der Waals surface area (Å²) in [6.45, 7) is 2.48. The highest BCUT2D eigenvalue weighted by atomic mass is 16.4. The van der Waals surface area contributed by atoms with Gasteiger partial charge in [0.15, 0.2) is 0 Å². The number of imidazole rings is 1. The Labute approximate surface area is 115 Å². The quantitative estimate of drug-likeness (QED) is 0.840. The molecule has 0 aliphatic heterocycles. The first-order valence-electron chi connectivity index (χ1n) is 6.02. The van der Waals surface area contributed by atoms with Gasteiger partial charge in [0.2, 0.25) is 0 Å². The van der Waals surface area contributed by atoms with Crippen molar-refractivity contribution < 1.29 is 14.7 Å². The smallest absolute Gasteiger partial charge is 0.354 e. The molecule has 7 heteroatoms. The van der Waals surface area contributed by atoms with E-state index < -0.39 is 5.97 Å². The molecule has 104 valence electrons. The first kappa shape index (κ1) is 13.7. The Bertz CT molecular complexity index is 593. The van der Waals surface area contributed by atoms with Crippen molar-refractivity contribution >= 4 is 11.9 Å². The van der Waals surface area contributed by atoms with E-state index in [0.29, 0.717) is 12.1 Å². The molecule has 0 bridgehead atoms. The van der Waals surface area contributed by atoms with Gasteiger partial charge in [-0.1, -0.05) is 0 Å². The summed E-state index contributed by atoms with van der Waals surface area (Å²) in [5.41, 5.74) is 0.237. The second-order valence-corrected chi connectivity index (χ2v) is 4.37. The standard InChI is InChI=1S/C13H14N4O3/c1-9(7-17-5-4-14-8-17)16-12(18)10-2-3-11(13(19)20)15-6-10/h2-6,8-9H,7H2,1H3,(H,16,18)(H,19,20). The molecule has 20 heavy (non-hydrogen) atoms. The van der Waals surface area contributed by atoms with Crippen LogP contribution >= 0.6 is 0 Å². The van der Waals surface area contributed by atoms with E-state index in [1.165, 1.54) is 18.3 Å². The van der Waals surface area contributed by atoms with Crippen molar-refractivity contribution in [3.8, 4) is 0 Å². The number of rotatable bonds is 5. The summed E-state index contributed by atoms with van der Waals surface area (Å²) in [6.07, 6.45) is 6.41. The minimum atomic E-state index is -1.12. The lowest BCUT2D eigenvalue weighted by Gasteiger charge is -2.14. The maximum Gasteiger partial charge on any atom is 0.354 e. The number of nitrogens with zero attached hydrogens (tertiary/aromatic N) is 3. The largest absolute Gasteiger partial charge is 0.477 e. The molecule has 7 nitrogen and oxygen atoms in total. The summed E-state index contributed by atoms with van der Waals surface area (Å²) in [4.78, 5) is 30.2. The number of hydrogen-bond donors (Lipinski definition) is 2. The van der Waals surface area contributed by atoms with E-state index in [1.54, 1.807) is 12.5 Å². The van der Waals surface area contributed by atoms with Crippen molar-refractivity contribution in [3.63, 3.8) is 0 Å². The van der Waals surface area contributed by atoms with E-state index in [0.717, 1.165) is 0 Å². The molecule has 0 aliphatic carbocycles. The molecular formula is C13H14N4O3. The molecule has 0 spiro atoms. The van der Waals surface area contributed by atoms with Gasteiger partial charge in [0.25, 0.3) is 5.91 Å². The van der Waals surface area contributed by atoms with Crippen molar-refractivity contribution in [2.45, 2.75) is 19.5 Å². The molecule has 1 amide bonds. The van der Waals surface area contributed by atoms with Crippen LogP contribution in [-0.4, -0.2) is 37.6 Å². The van der Waals surface area contributed by atoms with Gasteiger partial charge in [-0.15, -0.1) is 0 Å². The second-order valence-electron chi connectivity index (χ2n) is 4.37. The summed E-state index contributed by atoms with van der Waals surface area (Å²) in [6, 6.07) is 2.66. The third-order valence-corrected chi connectivity index (χ3v) is 2.67. The van der Waals surface area contributed by atoms with Gasteiger partial charge in [-0.25, -0.2) is 14.8 Å². The van der Waals surface area contributed by atoms with Crippen molar-refractivity contribution in [3.05, 3.63) is 48.3 Å². The minimum absolute atomic E-state index is 0.0872. The van der Waals surface area contributed by atoms with E-state index in [2.05, 4.69) is 15.3 Å². The average Bonchev–Trinajstić information content (AvgIpc) is 2.91. The molecule has 0 fully saturated rings. The molecule has 0 aromatic carbocycles. The highest BCUT2D eigenvalue weighted by Gasteiger charge is 2.12. The summed E-state index contributed by atoms with van der Waals surface area (Å²) in [7, 11) is 0. The number of pyridine rings is 1. The van der Waals surface area contributed by atoms with Crippen LogP contribution in [-0.2, 0) is 6.54 Å². The van der Waals surface area contributed by atoms with Crippen LogP contribution < -0.4 is 5.32 Å².